The molecule has 0 saturated carbocycles. The standard InChI is InChI=1S/C15H31/c1-5-7-9-11-13-15(3,4)14-12-10-8-6-2/h1,5-14H2,2-4H3. The Labute approximate surface area is 97.8 Å². The van der Waals surface area contributed by atoms with E-state index in [1.54, 1.807) is 0 Å². The minimum atomic E-state index is 0.578. The quantitative estimate of drug-likeness (QED) is 0.402. The fraction of sp³-hybridized carbons (Fsp3) is 0.933. The highest BCUT2D eigenvalue weighted by Gasteiger charge is 2.16. The van der Waals surface area contributed by atoms with Crippen molar-refractivity contribution in [3.05, 3.63) is 6.92 Å². The second-order valence-corrected chi connectivity index (χ2v) is 5.64. The molecule has 0 heteroatoms. The van der Waals surface area contributed by atoms with Crippen LogP contribution in [0.3, 0.4) is 0 Å². The van der Waals surface area contributed by atoms with Gasteiger partial charge in [-0.1, -0.05) is 79.1 Å². The van der Waals surface area contributed by atoms with Crippen LogP contribution in [0.15, 0.2) is 0 Å². The Morgan fingerprint density at radius 3 is 1.80 bits per heavy atom. The first-order valence-electron chi connectivity index (χ1n) is 6.91. The molecule has 0 nitrogen and oxygen atoms in total. The summed E-state index contributed by atoms with van der Waals surface area (Å²) in [7, 11) is 0. The van der Waals surface area contributed by atoms with Crippen LogP contribution in [0, 0.1) is 12.3 Å². The normalized spacial score (nSPS) is 12.0. The zero-order chi connectivity index (χ0) is 11.6. The molecule has 0 atom stereocenters. The highest BCUT2D eigenvalue weighted by molar-refractivity contribution is 4.68. The lowest BCUT2D eigenvalue weighted by atomic mass is 9.82. The maximum atomic E-state index is 3.89. The van der Waals surface area contributed by atoms with Crippen molar-refractivity contribution in [1.82, 2.24) is 0 Å². The lowest BCUT2D eigenvalue weighted by molar-refractivity contribution is 0.283. The van der Waals surface area contributed by atoms with Crippen LogP contribution < -0.4 is 0 Å². The van der Waals surface area contributed by atoms with Gasteiger partial charge in [-0.05, 0) is 18.3 Å². The van der Waals surface area contributed by atoms with Crippen molar-refractivity contribution in [1.29, 1.82) is 0 Å². The average molecular weight is 211 g/mol. The first-order valence-corrected chi connectivity index (χ1v) is 6.91. The number of unbranched alkanes of at least 4 members (excludes halogenated alkanes) is 6. The van der Waals surface area contributed by atoms with Gasteiger partial charge in [0, 0.05) is 0 Å². The van der Waals surface area contributed by atoms with E-state index >= 15 is 0 Å². The SMILES string of the molecule is [CH2]CCCCCC(C)(C)CCCCCC. The van der Waals surface area contributed by atoms with Gasteiger partial charge in [-0.15, -0.1) is 0 Å². The molecule has 0 aromatic carbocycles. The minimum Gasteiger partial charge on any atom is -0.0654 e. The van der Waals surface area contributed by atoms with Gasteiger partial charge in [0.05, 0.1) is 0 Å². The Bertz CT molecular complexity index is 110. The second kappa shape index (κ2) is 9.24. The van der Waals surface area contributed by atoms with E-state index in [1.807, 2.05) is 0 Å². The molecule has 15 heavy (non-hydrogen) atoms. The Kier molecular flexibility index (Phi) is 9.24. The summed E-state index contributed by atoms with van der Waals surface area (Å²) < 4.78 is 0. The van der Waals surface area contributed by atoms with Gasteiger partial charge in [-0.25, -0.2) is 0 Å². The smallest absolute Gasteiger partial charge is 0.0354 e. The fourth-order valence-corrected chi connectivity index (χ4v) is 2.11. The number of rotatable bonds is 10. The van der Waals surface area contributed by atoms with Gasteiger partial charge in [0.15, 0.2) is 0 Å². The molecule has 0 amide bonds. The van der Waals surface area contributed by atoms with E-state index in [2.05, 4.69) is 27.7 Å². The Balaban J connectivity index is 3.40. The molecule has 0 bridgehead atoms. The van der Waals surface area contributed by atoms with Crippen molar-refractivity contribution in [2.24, 2.45) is 5.41 Å². The molecular weight excluding hydrogens is 180 g/mol. The fourth-order valence-electron chi connectivity index (χ4n) is 2.11. The van der Waals surface area contributed by atoms with E-state index in [4.69, 9.17) is 0 Å². The molecule has 0 heterocycles. The monoisotopic (exact) mass is 211 g/mol. The first kappa shape index (κ1) is 15.0. The molecule has 0 unspecified atom stereocenters. The molecule has 0 spiro atoms. The molecular formula is C15H31. The van der Waals surface area contributed by atoms with Crippen LogP contribution in [0.25, 0.3) is 0 Å². The Morgan fingerprint density at radius 2 is 1.33 bits per heavy atom. The van der Waals surface area contributed by atoms with Gasteiger partial charge in [0.1, 0.15) is 0 Å². The summed E-state index contributed by atoms with van der Waals surface area (Å²) in [4.78, 5) is 0. The van der Waals surface area contributed by atoms with Crippen molar-refractivity contribution in [2.75, 3.05) is 0 Å². The van der Waals surface area contributed by atoms with Crippen LogP contribution in [0.5, 0.6) is 0 Å². The third-order valence-corrected chi connectivity index (χ3v) is 3.31. The molecule has 0 rings (SSSR count). The highest BCUT2D eigenvalue weighted by Crippen LogP contribution is 2.30. The molecule has 0 aromatic rings. The van der Waals surface area contributed by atoms with Gasteiger partial charge >= 0.3 is 0 Å². The zero-order valence-electron chi connectivity index (χ0n) is 11.3. The van der Waals surface area contributed by atoms with E-state index in [0.29, 0.717) is 5.41 Å². The second-order valence-electron chi connectivity index (χ2n) is 5.64. The van der Waals surface area contributed by atoms with E-state index in [9.17, 15) is 0 Å². The van der Waals surface area contributed by atoms with Crippen LogP contribution in [0.4, 0.5) is 0 Å². The molecule has 0 N–H and O–H groups in total. The number of hydrogen-bond acceptors (Lipinski definition) is 0. The summed E-state index contributed by atoms with van der Waals surface area (Å²) in [5, 5.41) is 0. The van der Waals surface area contributed by atoms with E-state index in [0.717, 1.165) is 6.42 Å². The molecule has 0 aliphatic carbocycles. The third kappa shape index (κ3) is 10.3. The highest BCUT2D eigenvalue weighted by atomic mass is 14.2. The van der Waals surface area contributed by atoms with Gasteiger partial charge in [-0.3, -0.25) is 0 Å². The molecule has 1 radical (unpaired) electrons. The summed E-state index contributed by atoms with van der Waals surface area (Å²) in [6, 6.07) is 0. The van der Waals surface area contributed by atoms with Crippen molar-refractivity contribution in [3.63, 3.8) is 0 Å². The van der Waals surface area contributed by atoms with E-state index in [-0.39, 0.29) is 0 Å². The van der Waals surface area contributed by atoms with Crippen LogP contribution >= 0.6 is 0 Å². The molecule has 91 valence electrons. The molecule has 0 aliphatic heterocycles. The van der Waals surface area contributed by atoms with E-state index < -0.39 is 0 Å². The maximum absolute atomic E-state index is 3.89. The largest absolute Gasteiger partial charge is 0.0654 e. The van der Waals surface area contributed by atoms with Gasteiger partial charge in [0.2, 0.25) is 0 Å². The summed E-state index contributed by atoms with van der Waals surface area (Å²) in [5.74, 6) is 0. The van der Waals surface area contributed by atoms with Gasteiger partial charge in [-0.2, -0.15) is 0 Å². The predicted molar refractivity (Wildman–Crippen MR) is 71.0 cm³/mol. The predicted octanol–water partition coefficient (Wildman–Crippen LogP) is 5.77. The van der Waals surface area contributed by atoms with Crippen molar-refractivity contribution < 1.29 is 0 Å². The third-order valence-electron chi connectivity index (χ3n) is 3.31. The minimum absolute atomic E-state index is 0.578. The summed E-state index contributed by atoms with van der Waals surface area (Å²) in [5.41, 5.74) is 0.578. The molecule has 0 aliphatic rings. The van der Waals surface area contributed by atoms with E-state index in [1.165, 1.54) is 57.8 Å². The number of hydrogen-bond donors (Lipinski definition) is 0. The maximum Gasteiger partial charge on any atom is -0.0354 e. The summed E-state index contributed by atoms with van der Waals surface area (Å²) in [6.45, 7) is 11.0. The van der Waals surface area contributed by atoms with Gasteiger partial charge in [0.25, 0.3) is 0 Å². The lowest BCUT2D eigenvalue weighted by Gasteiger charge is -2.24. The molecule has 0 fully saturated rings. The van der Waals surface area contributed by atoms with Crippen LogP contribution in [-0.2, 0) is 0 Å². The summed E-state index contributed by atoms with van der Waals surface area (Å²) in [6.07, 6.45) is 13.6. The average Bonchev–Trinajstić information content (AvgIpc) is 2.20. The molecule has 0 aromatic heterocycles. The Hall–Kier alpha value is 0. The van der Waals surface area contributed by atoms with Crippen LogP contribution in [0.2, 0.25) is 0 Å². The van der Waals surface area contributed by atoms with Crippen LogP contribution in [0.1, 0.15) is 85.0 Å². The van der Waals surface area contributed by atoms with Crippen molar-refractivity contribution in [2.45, 2.75) is 85.0 Å². The lowest BCUT2D eigenvalue weighted by Crippen LogP contribution is -2.10. The first-order chi connectivity index (χ1) is 7.12. The van der Waals surface area contributed by atoms with Crippen molar-refractivity contribution in [3.8, 4) is 0 Å². The van der Waals surface area contributed by atoms with Crippen LogP contribution in [-0.4, -0.2) is 0 Å². The zero-order valence-corrected chi connectivity index (χ0v) is 11.3. The molecule has 0 saturated heterocycles. The Morgan fingerprint density at radius 1 is 0.800 bits per heavy atom. The topological polar surface area (TPSA) is 0 Å². The van der Waals surface area contributed by atoms with Crippen molar-refractivity contribution >= 4 is 0 Å². The van der Waals surface area contributed by atoms with Gasteiger partial charge < -0.3 is 0 Å². The summed E-state index contributed by atoms with van der Waals surface area (Å²) >= 11 is 0.